The van der Waals surface area contributed by atoms with Crippen LogP contribution in [0.1, 0.15) is 39.3 Å². The van der Waals surface area contributed by atoms with Gasteiger partial charge in [-0.2, -0.15) is 0 Å². The number of aromatic nitrogens is 1. The smallest absolute Gasteiger partial charge is 0.410 e. The van der Waals surface area contributed by atoms with E-state index in [4.69, 9.17) is 4.74 Å². The second-order valence-electron chi connectivity index (χ2n) is 6.42. The van der Waals surface area contributed by atoms with Gasteiger partial charge in [-0.05, 0) is 45.7 Å². The normalized spacial score (nSPS) is 18.8. The molecule has 2 rings (SSSR count). The Morgan fingerprint density at radius 3 is 2.95 bits per heavy atom. The maximum atomic E-state index is 12.2. The molecule has 1 aliphatic heterocycles. The van der Waals surface area contributed by atoms with E-state index >= 15 is 0 Å². The van der Waals surface area contributed by atoms with Crippen molar-refractivity contribution < 1.29 is 9.53 Å². The van der Waals surface area contributed by atoms with Crippen LogP contribution in [0.4, 0.5) is 4.79 Å². The van der Waals surface area contributed by atoms with Crippen LogP contribution in [0, 0.1) is 0 Å². The van der Waals surface area contributed by atoms with Gasteiger partial charge in [0, 0.05) is 31.9 Å². The minimum absolute atomic E-state index is 0.204. The van der Waals surface area contributed by atoms with Gasteiger partial charge < -0.3 is 15.0 Å². The fourth-order valence-electron chi connectivity index (χ4n) is 2.48. The van der Waals surface area contributed by atoms with E-state index in [2.05, 4.69) is 10.3 Å². The summed E-state index contributed by atoms with van der Waals surface area (Å²) in [5.74, 6) is 0. The average molecular weight is 291 g/mol. The first-order valence-corrected chi connectivity index (χ1v) is 7.56. The first-order valence-electron chi connectivity index (χ1n) is 7.56. The number of ether oxygens (including phenoxy) is 1. The molecular weight excluding hydrogens is 266 g/mol. The fraction of sp³-hybridized carbons (Fsp3) is 0.625. The third kappa shape index (κ3) is 5.01. The molecule has 0 bridgehead atoms. The van der Waals surface area contributed by atoms with Crippen LogP contribution in [0.3, 0.4) is 0 Å². The van der Waals surface area contributed by atoms with Crippen molar-refractivity contribution in [2.24, 2.45) is 0 Å². The van der Waals surface area contributed by atoms with Gasteiger partial charge in [0.2, 0.25) is 0 Å². The second-order valence-corrected chi connectivity index (χ2v) is 6.42. The van der Waals surface area contributed by atoms with Crippen molar-refractivity contribution in [1.82, 2.24) is 15.2 Å². The quantitative estimate of drug-likeness (QED) is 0.926. The lowest BCUT2D eigenvalue weighted by atomic mass is 10.2. The molecule has 1 atom stereocenters. The zero-order valence-corrected chi connectivity index (χ0v) is 13.1. The van der Waals surface area contributed by atoms with Crippen molar-refractivity contribution in [3.63, 3.8) is 0 Å². The molecule has 0 spiro atoms. The number of carbonyl (C=O) groups excluding carboxylic acids is 1. The highest BCUT2D eigenvalue weighted by Gasteiger charge is 2.31. The molecule has 5 nitrogen and oxygen atoms in total. The van der Waals surface area contributed by atoms with E-state index in [1.54, 1.807) is 6.20 Å². The zero-order valence-electron chi connectivity index (χ0n) is 13.1. The number of carbonyl (C=O) groups is 1. The van der Waals surface area contributed by atoms with Crippen LogP contribution in [0.25, 0.3) is 0 Å². The molecule has 1 aromatic rings. The topological polar surface area (TPSA) is 54.5 Å². The van der Waals surface area contributed by atoms with E-state index in [0.29, 0.717) is 0 Å². The van der Waals surface area contributed by atoms with Crippen LogP contribution in [0.2, 0.25) is 0 Å². The van der Waals surface area contributed by atoms with Crippen molar-refractivity contribution in [2.45, 2.75) is 51.8 Å². The first kappa shape index (κ1) is 15.8. The van der Waals surface area contributed by atoms with Gasteiger partial charge in [0.1, 0.15) is 5.60 Å². The van der Waals surface area contributed by atoms with E-state index in [1.165, 1.54) is 0 Å². The summed E-state index contributed by atoms with van der Waals surface area (Å²) in [4.78, 5) is 18.3. The maximum absolute atomic E-state index is 12.2. The number of nitrogens with zero attached hydrogens (tertiary/aromatic N) is 2. The van der Waals surface area contributed by atoms with Gasteiger partial charge in [0.25, 0.3) is 0 Å². The number of hydrogen-bond donors (Lipinski definition) is 1. The van der Waals surface area contributed by atoms with Crippen LogP contribution in [0.5, 0.6) is 0 Å². The molecule has 0 aromatic carbocycles. The lowest BCUT2D eigenvalue weighted by molar-refractivity contribution is 0.0226. The van der Waals surface area contributed by atoms with Crippen molar-refractivity contribution in [2.75, 3.05) is 13.1 Å². The predicted molar refractivity (Wildman–Crippen MR) is 81.9 cm³/mol. The Hall–Kier alpha value is -1.62. The maximum Gasteiger partial charge on any atom is 0.410 e. The molecule has 1 aromatic heterocycles. The van der Waals surface area contributed by atoms with Gasteiger partial charge >= 0.3 is 6.09 Å². The minimum Gasteiger partial charge on any atom is -0.444 e. The predicted octanol–water partition coefficient (Wildman–Crippen LogP) is 2.57. The van der Waals surface area contributed by atoms with Crippen LogP contribution in [-0.2, 0) is 11.3 Å². The van der Waals surface area contributed by atoms with E-state index < -0.39 is 5.60 Å². The Balaban J connectivity index is 1.80. The highest BCUT2D eigenvalue weighted by Crippen LogP contribution is 2.20. The van der Waals surface area contributed by atoms with Crippen LogP contribution in [0.15, 0.2) is 24.4 Å². The van der Waals surface area contributed by atoms with E-state index in [0.717, 1.165) is 38.2 Å². The highest BCUT2D eigenvalue weighted by atomic mass is 16.6. The van der Waals surface area contributed by atoms with Gasteiger partial charge in [-0.3, -0.25) is 4.98 Å². The third-order valence-corrected chi connectivity index (χ3v) is 3.42. The summed E-state index contributed by atoms with van der Waals surface area (Å²) in [5, 5.41) is 3.38. The average Bonchev–Trinajstić information content (AvgIpc) is 2.86. The molecule has 0 unspecified atom stereocenters. The second kappa shape index (κ2) is 6.89. The summed E-state index contributed by atoms with van der Waals surface area (Å²) in [6.07, 6.45) is 3.65. The number of nitrogens with one attached hydrogen (secondary N) is 1. The zero-order chi connectivity index (χ0) is 15.3. The third-order valence-electron chi connectivity index (χ3n) is 3.42. The largest absolute Gasteiger partial charge is 0.444 e. The molecule has 0 aliphatic carbocycles. The molecule has 21 heavy (non-hydrogen) atoms. The molecule has 1 N–H and O–H groups in total. The first-order chi connectivity index (χ1) is 9.96. The van der Waals surface area contributed by atoms with Gasteiger partial charge in [-0.15, -0.1) is 0 Å². The molecule has 2 heterocycles. The summed E-state index contributed by atoms with van der Waals surface area (Å²) in [6, 6.07) is 6.09. The lowest BCUT2D eigenvalue weighted by Gasteiger charge is -2.28. The molecule has 1 fully saturated rings. The molecule has 5 heteroatoms. The van der Waals surface area contributed by atoms with Crippen LogP contribution in [-0.4, -0.2) is 40.7 Å². The summed E-state index contributed by atoms with van der Waals surface area (Å²) in [6.45, 7) is 7.97. The Morgan fingerprint density at radius 2 is 2.29 bits per heavy atom. The van der Waals surface area contributed by atoms with Gasteiger partial charge in [0.05, 0.1) is 5.69 Å². The summed E-state index contributed by atoms with van der Waals surface area (Å²) < 4.78 is 5.46. The van der Waals surface area contributed by atoms with E-state index in [1.807, 2.05) is 43.9 Å². The Labute approximate surface area is 126 Å². The number of amides is 1. The van der Waals surface area contributed by atoms with E-state index in [9.17, 15) is 4.79 Å². The Bertz CT molecular complexity index is 456. The Morgan fingerprint density at radius 1 is 1.48 bits per heavy atom. The molecule has 0 saturated carbocycles. The van der Waals surface area contributed by atoms with Crippen molar-refractivity contribution in [1.29, 1.82) is 0 Å². The minimum atomic E-state index is -0.439. The Kier molecular flexibility index (Phi) is 5.17. The SMILES string of the molecule is CC(C)(C)OC(=O)N1CCC[C@H]1CNCc1ccccn1. The van der Waals surface area contributed by atoms with Crippen molar-refractivity contribution in [3.05, 3.63) is 30.1 Å². The number of hydrogen-bond acceptors (Lipinski definition) is 4. The van der Waals surface area contributed by atoms with Gasteiger partial charge in [0.15, 0.2) is 0 Å². The molecular formula is C16H25N3O2. The summed E-state index contributed by atoms with van der Waals surface area (Å²) >= 11 is 0. The lowest BCUT2D eigenvalue weighted by Crippen LogP contribution is -2.44. The molecule has 1 amide bonds. The number of pyridine rings is 1. The summed E-state index contributed by atoms with van der Waals surface area (Å²) in [7, 11) is 0. The van der Waals surface area contributed by atoms with Crippen molar-refractivity contribution >= 4 is 6.09 Å². The standard InChI is InChI=1S/C16H25N3O2/c1-16(2,3)21-15(20)19-10-6-8-14(19)12-17-11-13-7-4-5-9-18-13/h4-5,7,9,14,17H,6,8,10-12H2,1-3H3/t14-/m0/s1. The highest BCUT2D eigenvalue weighted by molar-refractivity contribution is 5.69. The molecule has 116 valence electrons. The monoisotopic (exact) mass is 291 g/mol. The van der Waals surface area contributed by atoms with Crippen LogP contribution < -0.4 is 5.32 Å². The number of rotatable bonds is 4. The molecule has 0 radical (unpaired) electrons. The van der Waals surface area contributed by atoms with Gasteiger partial charge in [-0.1, -0.05) is 6.07 Å². The van der Waals surface area contributed by atoms with Crippen LogP contribution >= 0.6 is 0 Å². The number of likely N-dealkylation sites (tertiary alicyclic amines) is 1. The van der Waals surface area contributed by atoms with Gasteiger partial charge in [-0.25, -0.2) is 4.79 Å². The molecule has 1 saturated heterocycles. The summed E-state index contributed by atoms with van der Waals surface area (Å²) in [5.41, 5.74) is 0.574. The van der Waals surface area contributed by atoms with E-state index in [-0.39, 0.29) is 12.1 Å². The fourth-order valence-corrected chi connectivity index (χ4v) is 2.48. The van der Waals surface area contributed by atoms with Crippen molar-refractivity contribution in [3.8, 4) is 0 Å². The molecule has 1 aliphatic rings.